The van der Waals surface area contributed by atoms with E-state index >= 15 is 0 Å². The monoisotopic (exact) mass is 351 g/mol. The van der Waals surface area contributed by atoms with Crippen LogP contribution in [0.1, 0.15) is 47.1 Å². The van der Waals surface area contributed by atoms with Crippen LogP contribution in [0, 0.1) is 6.92 Å². The third-order valence-corrected chi connectivity index (χ3v) is 4.68. The number of rotatable bonds is 4. The van der Waals surface area contributed by atoms with Crippen LogP contribution >= 0.6 is 0 Å². The van der Waals surface area contributed by atoms with E-state index < -0.39 is 0 Å². The van der Waals surface area contributed by atoms with E-state index in [2.05, 4.69) is 32.7 Å². The number of benzene rings is 1. The van der Waals surface area contributed by atoms with Gasteiger partial charge in [0.25, 0.3) is 5.91 Å². The lowest BCUT2D eigenvalue weighted by molar-refractivity contribution is 0.101. The van der Waals surface area contributed by atoms with Gasteiger partial charge in [-0.25, -0.2) is 0 Å². The van der Waals surface area contributed by atoms with Gasteiger partial charge in [-0.05, 0) is 68.9 Å². The van der Waals surface area contributed by atoms with E-state index in [4.69, 9.17) is 4.42 Å². The Hall–Kier alpha value is -2.96. The third kappa shape index (κ3) is 3.12. The maximum Gasteiger partial charge on any atom is 0.322 e. The zero-order chi connectivity index (χ0) is 18.1. The van der Waals surface area contributed by atoms with E-state index in [0.29, 0.717) is 18.1 Å². The molecule has 134 valence electrons. The SMILES string of the molecule is CCn1nc(C)cc1C(=O)Nc1nnc(-c2ccc3c(c2)CCCC3)o1. The van der Waals surface area contributed by atoms with Gasteiger partial charge in [-0.3, -0.25) is 14.8 Å². The number of nitrogens with zero attached hydrogens (tertiary/aromatic N) is 4. The summed E-state index contributed by atoms with van der Waals surface area (Å²) in [5, 5.41) is 15.0. The van der Waals surface area contributed by atoms with E-state index in [0.717, 1.165) is 24.1 Å². The number of anilines is 1. The molecule has 1 aliphatic rings. The lowest BCUT2D eigenvalue weighted by atomic mass is 9.90. The van der Waals surface area contributed by atoms with E-state index in [1.54, 1.807) is 10.7 Å². The molecular formula is C19H21N5O2. The first-order valence-electron chi connectivity index (χ1n) is 8.95. The molecule has 26 heavy (non-hydrogen) atoms. The highest BCUT2D eigenvalue weighted by Gasteiger charge is 2.18. The van der Waals surface area contributed by atoms with Crippen LogP contribution in [0.2, 0.25) is 0 Å². The van der Waals surface area contributed by atoms with Crippen molar-refractivity contribution in [2.45, 2.75) is 46.1 Å². The first-order chi connectivity index (χ1) is 12.6. The van der Waals surface area contributed by atoms with Gasteiger partial charge >= 0.3 is 6.01 Å². The summed E-state index contributed by atoms with van der Waals surface area (Å²) < 4.78 is 7.29. The summed E-state index contributed by atoms with van der Waals surface area (Å²) in [6.45, 7) is 4.40. The fraction of sp³-hybridized carbons (Fsp3) is 0.368. The summed E-state index contributed by atoms with van der Waals surface area (Å²) in [6.07, 6.45) is 4.68. The van der Waals surface area contributed by atoms with Gasteiger partial charge < -0.3 is 4.42 Å². The second kappa shape index (κ2) is 6.74. The van der Waals surface area contributed by atoms with Crippen LogP contribution < -0.4 is 5.32 Å². The van der Waals surface area contributed by atoms with Crippen LogP contribution in [-0.2, 0) is 19.4 Å². The largest absolute Gasteiger partial charge is 0.403 e. The minimum atomic E-state index is -0.312. The van der Waals surface area contributed by atoms with Crippen molar-refractivity contribution in [2.75, 3.05) is 5.32 Å². The average molecular weight is 351 g/mol. The van der Waals surface area contributed by atoms with Gasteiger partial charge in [-0.1, -0.05) is 11.2 Å². The molecular weight excluding hydrogens is 330 g/mol. The number of carbonyl (C=O) groups is 1. The predicted octanol–water partition coefficient (Wildman–Crippen LogP) is 3.39. The normalized spacial score (nSPS) is 13.5. The van der Waals surface area contributed by atoms with Crippen LogP contribution in [0.3, 0.4) is 0 Å². The Morgan fingerprint density at radius 3 is 2.81 bits per heavy atom. The van der Waals surface area contributed by atoms with Crippen LogP contribution in [0.5, 0.6) is 0 Å². The molecule has 3 aromatic rings. The number of aromatic nitrogens is 4. The first-order valence-corrected chi connectivity index (χ1v) is 8.95. The number of carbonyl (C=O) groups excluding carboxylic acids is 1. The van der Waals surface area contributed by atoms with E-state index in [-0.39, 0.29) is 11.9 Å². The van der Waals surface area contributed by atoms with Crippen LogP contribution in [-0.4, -0.2) is 25.9 Å². The smallest absolute Gasteiger partial charge is 0.322 e. The standard InChI is InChI=1S/C19H21N5O2/c1-3-24-16(10-12(2)23-24)17(25)20-19-22-21-18(26-19)15-9-8-13-6-4-5-7-14(13)11-15/h8-11H,3-7H2,1-2H3,(H,20,22,25). The van der Waals surface area contributed by atoms with Crippen molar-refractivity contribution in [2.24, 2.45) is 0 Å². The quantitative estimate of drug-likeness (QED) is 0.778. The maximum atomic E-state index is 12.4. The summed E-state index contributed by atoms with van der Waals surface area (Å²) in [6, 6.07) is 8.07. The van der Waals surface area contributed by atoms with Gasteiger partial charge in [0.05, 0.1) is 5.69 Å². The van der Waals surface area contributed by atoms with Crippen LogP contribution in [0.15, 0.2) is 28.7 Å². The Kier molecular flexibility index (Phi) is 4.28. The molecule has 2 heterocycles. The molecule has 0 atom stereocenters. The van der Waals surface area contributed by atoms with Gasteiger partial charge in [0.15, 0.2) is 0 Å². The average Bonchev–Trinajstić information content (AvgIpc) is 3.27. The van der Waals surface area contributed by atoms with Crippen molar-refractivity contribution in [3.8, 4) is 11.5 Å². The van der Waals surface area contributed by atoms with E-state index in [9.17, 15) is 4.79 Å². The molecule has 1 amide bonds. The number of nitrogens with one attached hydrogen (secondary N) is 1. The second-order valence-electron chi connectivity index (χ2n) is 6.54. The van der Waals surface area contributed by atoms with Crippen molar-refractivity contribution >= 4 is 11.9 Å². The Morgan fingerprint density at radius 1 is 1.19 bits per heavy atom. The topological polar surface area (TPSA) is 85.8 Å². The van der Waals surface area contributed by atoms with Gasteiger partial charge in [-0.2, -0.15) is 5.10 Å². The van der Waals surface area contributed by atoms with Gasteiger partial charge in [0.2, 0.25) is 5.89 Å². The summed E-state index contributed by atoms with van der Waals surface area (Å²) in [5.74, 6) is 0.0990. The molecule has 0 fully saturated rings. The molecule has 1 N–H and O–H groups in total. The predicted molar refractivity (Wildman–Crippen MR) is 97.0 cm³/mol. The van der Waals surface area contributed by atoms with Gasteiger partial charge in [0, 0.05) is 12.1 Å². The number of fused-ring (bicyclic) bond motifs is 1. The molecule has 4 rings (SSSR count). The summed E-state index contributed by atoms with van der Waals surface area (Å²) in [7, 11) is 0. The number of aryl methyl sites for hydroxylation is 4. The second-order valence-corrected chi connectivity index (χ2v) is 6.54. The summed E-state index contributed by atoms with van der Waals surface area (Å²) in [4.78, 5) is 12.4. The Labute approximate surface area is 151 Å². The van der Waals surface area contributed by atoms with Crippen molar-refractivity contribution < 1.29 is 9.21 Å². The summed E-state index contributed by atoms with van der Waals surface area (Å²) >= 11 is 0. The minimum absolute atomic E-state index is 0.0872. The fourth-order valence-corrected chi connectivity index (χ4v) is 3.39. The molecule has 0 unspecified atom stereocenters. The van der Waals surface area contributed by atoms with Gasteiger partial charge in [-0.15, -0.1) is 5.10 Å². The van der Waals surface area contributed by atoms with E-state index in [1.165, 1.54) is 24.0 Å². The third-order valence-electron chi connectivity index (χ3n) is 4.68. The zero-order valence-electron chi connectivity index (χ0n) is 15.0. The lowest BCUT2D eigenvalue weighted by Gasteiger charge is -2.15. The molecule has 0 saturated heterocycles. The molecule has 1 aromatic carbocycles. The zero-order valence-corrected chi connectivity index (χ0v) is 15.0. The minimum Gasteiger partial charge on any atom is -0.403 e. The van der Waals surface area contributed by atoms with Crippen molar-refractivity contribution in [1.82, 2.24) is 20.0 Å². The van der Waals surface area contributed by atoms with Crippen LogP contribution in [0.4, 0.5) is 6.01 Å². The number of hydrogen-bond acceptors (Lipinski definition) is 5. The Bertz CT molecular complexity index is 957. The maximum absolute atomic E-state index is 12.4. The fourth-order valence-electron chi connectivity index (χ4n) is 3.39. The molecule has 2 aromatic heterocycles. The molecule has 0 saturated carbocycles. The Morgan fingerprint density at radius 2 is 2.00 bits per heavy atom. The highest BCUT2D eigenvalue weighted by molar-refractivity contribution is 6.01. The molecule has 0 radical (unpaired) electrons. The molecule has 0 bridgehead atoms. The molecule has 0 aliphatic heterocycles. The van der Waals surface area contributed by atoms with Crippen molar-refractivity contribution in [3.05, 3.63) is 46.8 Å². The van der Waals surface area contributed by atoms with Gasteiger partial charge in [0.1, 0.15) is 5.69 Å². The number of amides is 1. The lowest BCUT2D eigenvalue weighted by Crippen LogP contribution is -2.17. The number of hydrogen-bond donors (Lipinski definition) is 1. The molecule has 0 spiro atoms. The van der Waals surface area contributed by atoms with Crippen LogP contribution in [0.25, 0.3) is 11.5 Å². The Balaban J connectivity index is 1.54. The van der Waals surface area contributed by atoms with Crippen molar-refractivity contribution in [3.63, 3.8) is 0 Å². The molecule has 7 nitrogen and oxygen atoms in total. The first kappa shape index (κ1) is 16.5. The highest BCUT2D eigenvalue weighted by Crippen LogP contribution is 2.27. The summed E-state index contributed by atoms with van der Waals surface area (Å²) in [5.41, 5.74) is 4.89. The molecule has 1 aliphatic carbocycles. The molecule has 7 heteroatoms. The van der Waals surface area contributed by atoms with Crippen molar-refractivity contribution in [1.29, 1.82) is 0 Å². The van der Waals surface area contributed by atoms with E-state index in [1.807, 2.05) is 19.9 Å². The highest BCUT2D eigenvalue weighted by atomic mass is 16.4.